The monoisotopic (exact) mass is 573 g/mol. The van der Waals surface area contributed by atoms with Crippen molar-refractivity contribution in [2.75, 3.05) is 10.6 Å². The van der Waals surface area contributed by atoms with Crippen molar-refractivity contribution in [3.63, 3.8) is 0 Å². The molecular weight excluding hydrogens is 549 g/mol. The third-order valence-electron chi connectivity index (χ3n) is 6.18. The normalized spacial score (nSPS) is 13.5. The molecule has 3 aromatic rings. The predicted octanol–water partition coefficient (Wildman–Crippen LogP) is 8.21. The summed E-state index contributed by atoms with van der Waals surface area (Å²) >= 11 is 18.4. The van der Waals surface area contributed by atoms with Crippen molar-refractivity contribution in [2.45, 2.75) is 45.1 Å². The molecule has 1 aliphatic rings. The van der Waals surface area contributed by atoms with Crippen LogP contribution in [0, 0.1) is 0 Å². The fourth-order valence-electron chi connectivity index (χ4n) is 4.43. The van der Waals surface area contributed by atoms with E-state index in [4.69, 9.17) is 39.6 Å². The summed E-state index contributed by atoms with van der Waals surface area (Å²) in [4.78, 5) is 44.1. The van der Waals surface area contributed by atoms with E-state index in [2.05, 4.69) is 10.6 Å². The number of amides is 3. The molecule has 1 fully saturated rings. The van der Waals surface area contributed by atoms with E-state index in [0.717, 1.165) is 48.3 Å². The lowest BCUT2D eigenvalue weighted by molar-refractivity contribution is -0.185. The number of hydrogen-bond acceptors (Lipinski definition) is 4. The van der Waals surface area contributed by atoms with Crippen LogP contribution in [-0.2, 0) is 9.63 Å². The maximum absolute atomic E-state index is 13.8. The van der Waals surface area contributed by atoms with Gasteiger partial charge in [0.1, 0.15) is 0 Å². The first-order chi connectivity index (χ1) is 18.2. The number of halogens is 3. The van der Waals surface area contributed by atoms with Gasteiger partial charge in [0.15, 0.2) is 0 Å². The molecule has 0 spiro atoms. The van der Waals surface area contributed by atoms with Crippen LogP contribution in [0.5, 0.6) is 0 Å². The van der Waals surface area contributed by atoms with Crippen LogP contribution in [0.15, 0.2) is 60.7 Å². The maximum atomic E-state index is 13.8. The molecule has 0 saturated heterocycles. The fourth-order valence-corrected chi connectivity index (χ4v) is 5.34. The van der Waals surface area contributed by atoms with Crippen molar-refractivity contribution in [3.8, 4) is 11.1 Å². The zero-order chi connectivity index (χ0) is 27.2. The smallest absolute Gasteiger partial charge is 0.329 e. The minimum absolute atomic E-state index is 0.158. The van der Waals surface area contributed by atoms with Crippen molar-refractivity contribution in [3.05, 3.63) is 81.3 Å². The Morgan fingerprint density at radius 1 is 0.842 bits per heavy atom. The van der Waals surface area contributed by atoms with E-state index in [1.54, 1.807) is 18.2 Å². The SMILES string of the molecule is CC(=O)ON(C(=O)c1ccc(-c2ccccc2)cc1NC(=O)Nc1c(Cl)cc(Cl)cc1Cl)C1CCCCC1. The highest BCUT2D eigenvalue weighted by Crippen LogP contribution is 2.34. The van der Waals surface area contributed by atoms with Crippen LogP contribution in [0.25, 0.3) is 11.1 Å². The first kappa shape index (κ1) is 27.8. The number of urea groups is 1. The number of rotatable bonds is 5. The van der Waals surface area contributed by atoms with E-state index in [1.807, 2.05) is 30.3 Å². The lowest BCUT2D eigenvalue weighted by atomic mass is 9.94. The number of carbonyl (C=O) groups excluding carboxylic acids is 3. The van der Waals surface area contributed by atoms with Gasteiger partial charge in [-0.3, -0.25) is 9.59 Å². The van der Waals surface area contributed by atoms with E-state index >= 15 is 0 Å². The molecule has 3 amide bonds. The summed E-state index contributed by atoms with van der Waals surface area (Å²) in [6.45, 7) is 1.26. The van der Waals surface area contributed by atoms with Crippen molar-refractivity contribution in [1.82, 2.24) is 5.06 Å². The number of nitrogens with zero attached hydrogens (tertiary/aromatic N) is 1. The summed E-state index contributed by atoms with van der Waals surface area (Å²) in [5.74, 6) is -1.12. The lowest BCUT2D eigenvalue weighted by Gasteiger charge is -2.32. The molecule has 4 rings (SSSR count). The molecule has 10 heteroatoms. The summed E-state index contributed by atoms with van der Waals surface area (Å²) in [5.41, 5.74) is 2.23. The van der Waals surface area contributed by atoms with Crippen LogP contribution >= 0.6 is 34.8 Å². The third kappa shape index (κ3) is 6.78. The topological polar surface area (TPSA) is 87.7 Å². The largest absolute Gasteiger partial charge is 0.338 e. The van der Waals surface area contributed by atoms with Gasteiger partial charge in [0.2, 0.25) is 0 Å². The molecule has 0 atom stereocenters. The highest BCUT2D eigenvalue weighted by atomic mass is 35.5. The van der Waals surface area contributed by atoms with Gasteiger partial charge in [-0.05, 0) is 48.2 Å². The highest BCUT2D eigenvalue weighted by molar-refractivity contribution is 6.42. The second-order valence-electron chi connectivity index (χ2n) is 8.96. The Hall–Kier alpha value is -3.26. The van der Waals surface area contributed by atoms with Crippen molar-refractivity contribution in [1.29, 1.82) is 0 Å². The van der Waals surface area contributed by atoms with Crippen molar-refractivity contribution >= 4 is 64.1 Å². The second-order valence-corrected chi connectivity index (χ2v) is 10.2. The van der Waals surface area contributed by atoms with Gasteiger partial charge in [0.05, 0.1) is 33.0 Å². The van der Waals surface area contributed by atoms with E-state index in [9.17, 15) is 14.4 Å². The van der Waals surface area contributed by atoms with E-state index < -0.39 is 17.9 Å². The molecule has 0 bridgehead atoms. The average Bonchev–Trinajstić information content (AvgIpc) is 2.90. The number of benzene rings is 3. The van der Waals surface area contributed by atoms with Crippen LogP contribution in [0.4, 0.5) is 16.2 Å². The van der Waals surface area contributed by atoms with Crippen LogP contribution in [0.2, 0.25) is 15.1 Å². The molecule has 0 unspecified atom stereocenters. The summed E-state index contributed by atoms with van der Waals surface area (Å²) in [6, 6.07) is 16.6. The average molecular weight is 575 g/mol. The predicted molar refractivity (Wildman–Crippen MR) is 151 cm³/mol. The van der Waals surface area contributed by atoms with Gasteiger partial charge in [0.25, 0.3) is 5.91 Å². The molecule has 198 valence electrons. The summed E-state index contributed by atoms with van der Waals surface area (Å²) in [6.07, 6.45) is 4.36. The Bertz CT molecular complexity index is 1320. The van der Waals surface area contributed by atoms with Crippen LogP contribution < -0.4 is 10.6 Å². The number of nitrogens with one attached hydrogen (secondary N) is 2. The Labute approximate surface area is 236 Å². The zero-order valence-electron chi connectivity index (χ0n) is 20.6. The van der Waals surface area contributed by atoms with Crippen LogP contribution in [0.3, 0.4) is 0 Å². The Balaban J connectivity index is 1.69. The van der Waals surface area contributed by atoms with Crippen molar-refractivity contribution < 1.29 is 19.2 Å². The zero-order valence-corrected chi connectivity index (χ0v) is 22.9. The molecule has 1 saturated carbocycles. The van der Waals surface area contributed by atoms with Gasteiger partial charge < -0.3 is 15.5 Å². The van der Waals surface area contributed by atoms with Gasteiger partial charge in [0, 0.05) is 11.9 Å². The summed E-state index contributed by atoms with van der Waals surface area (Å²) < 4.78 is 0. The third-order valence-corrected chi connectivity index (χ3v) is 7.00. The summed E-state index contributed by atoms with van der Waals surface area (Å²) in [7, 11) is 0. The molecular formula is C28H26Cl3N3O4. The molecule has 7 nitrogen and oxygen atoms in total. The number of hydroxylamine groups is 2. The quantitative estimate of drug-likeness (QED) is 0.301. The van der Waals surface area contributed by atoms with E-state index in [0.29, 0.717) is 5.02 Å². The van der Waals surface area contributed by atoms with Gasteiger partial charge >= 0.3 is 12.0 Å². The second kappa shape index (κ2) is 12.5. The molecule has 0 aromatic heterocycles. The Morgan fingerprint density at radius 2 is 1.50 bits per heavy atom. The van der Waals surface area contributed by atoms with Gasteiger partial charge in [-0.25, -0.2) is 4.79 Å². The number of anilines is 2. The summed E-state index contributed by atoms with van der Waals surface area (Å²) in [5, 5.41) is 7.15. The highest BCUT2D eigenvalue weighted by Gasteiger charge is 2.31. The van der Waals surface area contributed by atoms with E-state index in [1.165, 1.54) is 19.1 Å². The minimum Gasteiger partial charge on any atom is -0.338 e. The standard InChI is InChI=1S/C28H26Cl3N3O4/c1-17(35)38-34(21-10-6-3-7-11-21)27(36)22-13-12-19(18-8-4-2-5-9-18)14-25(22)32-28(37)33-26-23(30)15-20(29)16-24(26)31/h2,4-5,8-9,12-16,21H,3,6-7,10-11H2,1H3,(H2,32,33,37). The maximum Gasteiger partial charge on any atom is 0.329 e. The van der Waals surface area contributed by atoms with Gasteiger partial charge in [-0.1, -0.05) is 90.5 Å². The molecule has 0 aliphatic heterocycles. The molecule has 0 heterocycles. The molecule has 38 heavy (non-hydrogen) atoms. The first-order valence-electron chi connectivity index (χ1n) is 12.2. The first-order valence-corrected chi connectivity index (χ1v) is 13.3. The van der Waals surface area contributed by atoms with Gasteiger partial charge in [-0.2, -0.15) is 5.06 Å². The number of carbonyl (C=O) groups is 3. The fraction of sp³-hybridized carbons (Fsp3) is 0.250. The van der Waals surface area contributed by atoms with E-state index in [-0.39, 0.29) is 33.0 Å². The Kier molecular flexibility index (Phi) is 9.15. The number of hydrogen-bond donors (Lipinski definition) is 2. The van der Waals surface area contributed by atoms with Gasteiger partial charge in [-0.15, -0.1) is 0 Å². The molecule has 2 N–H and O–H groups in total. The minimum atomic E-state index is -0.674. The Morgan fingerprint density at radius 3 is 2.13 bits per heavy atom. The van der Waals surface area contributed by atoms with Crippen LogP contribution in [0.1, 0.15) is 49.4 Å². The molecule has 0 radical (unpaired) electrons. The molecule has 1 aliphatic carbocycles. The molecule has 3 aromatic carbocycles. The van der Waals surface area contributed by atoms with Crippen molar-refractivity contribution in [2.24, 2.45) is 0 Å². The lowest BCUT2D eigenvalue weighted by Crippen LogP contribution is -2.42. The van der Waals surface area contributed by atoms with Crippen LogP contribution in [-0.4, -0.2) is 29.0 Å².